The highest BCUT2D eigenvalue weighted by Crippen LogP contribution is 2.47. The van der Waals surface area contributed by atoms with Gasteiger partial charge in [0.2, 0.25) is 0 Å². The Labute approximate surface area is 302 Å². The second-order valence-electron chi connectivity index (χ2n) is 12.9. The molecule has 0 aliphatic rings. The Bertz CT molecular complexity index is 2590. The predicted octanol–water partition coefficient (Wildman–Crippen LogP) is 11.3. The number of carbonyl (C=O) groups excluding carboxylic acids is 1. The van der Waals surface area contributed by atoms with E-state index < -0.39 is 0 Å². The SMILES string of the molecule is COCCOc1ccc2cc(-c3ccc4ccccc4c3)ccc2c1-c1c(OCCOC(C)=O)ccc2cc(-c3ccc4ccccc4c3)ccc12. The molecule has 0 spiro atoms. The highest BCUT2D eigenvalue weighted by molar-refractivity contribution is 6.11. The van der Waals surface area contributed by atoms with E-state index in [1.54, 1.807) is 7.11 Å². The van der Waals surface area contributed by atoms with Crippen LogP contribution >= 0.6 is 0 Å². The van der Waals surface area contributed by atoms with Crippen LogP contribution in [-0.2, 0) is 14.3 Å². The van der Waals surface area contributed by atoms with E-state index in [1.165, 1.54) is 28.5 Å². The molecule has 0 bridgehead atoms. The molecule has 0 fully saturated rings. The Morgan fingerprint density at radius 3 is 1.31 bits per heavy atom. The maximum atomic E-state index is 11.5. The van der Waals surface area contributed by atoms with Crippen LogP contribution in [0.5, 0.6) is 11.5 Å². The zero-order valence-corrected chi connectivity index (χ0v) is 29.2. The first-order valence-electron chi connectivity index (χ1n) is 17.6. The number of fused-ring (bicyclic) bond motifs is 4. The molecule has 5 nitrogen and oxygen atoms in total. The lowest BCUT2D eigenvalue weighted by Crippen LogP contribution is -2.10. The predicted molar refractivity (Wildman–Crippen MR) is 212 cm³/mol. The third-order valence-electron chi connectivity index (χ3n) is 9.57. The molecule has 8 aromatic carbocycles. The van der Waals surface area contributed by atoms with Crippen molar-refractivity contribution in [2.75, 3.05) is 33.5 Å². The van der Waals surface area contributed by atoms with E-state index in [9.17, 15) is 4.79 Å². The summed E-state index contributed by atoms with van der Waals surface area (Å²) in [4.78, 5) is 11.5. The summed E-state index contributed by atoms with van der Waals surface area (Å²) in [6, 6.07) is 51.5. The van der Waals surface area contributed by atoms with Gasteiger partial charge in [-0.3, -0.25) is 4.79 Å². The van der Waals surface area contributed by atoms with Gasteiger partial charge in [0.1, 0.15) is 31.3 Å². The summed E-state index contributed by atoms with van der Waals surface area (Å²) >= 11 is 0. The lowest BCUT2D eigenvalue weighted by molar-refractivity contribution is -0.141. The first kappa shape index (κ1) is 33.0. The lowest BCUT2D eigenvalue weighted by Gasteiger charge is -2.20. The number of rotatable bonds is 11. The summed E-state index contributed by atoms with van der Waals surface area (Å²) < 4.78 is 23.5. The van der Waals surface area contributed by atoms with Crippen LogP contribution in [0.2, 0.25) is 0 Å². The minimum Gasteiger partial charge on any atom is -0.491 e. The van der Waals surface area contributed by atoms with Crippen molar-refractivity contribution in [2.24, 2.45) is 0 Å². The molecule has 5 heteroatoms. The number of carbonyl (C=O) groups is 1. The van der Waals surface area contributed by atoms with Crippen LogP contribution in [-0.4, -0.2) is 39.5 Å². The smallest absolute Gasteiger partial charge is 0.302 e. The van der Waals surface area contributed by atoms with Crippen molar-refractivity contribution in [1.29, 1.82) is 0 Å². The summed E-state index contributed by atoms with van der Waals surface area (Å²) in [5, 5.41) is 9.05. The van der Waals surface area contributed by atoms with Gasteiger partial charge in [-0.2, -0.15) is 0 Å². The maximum Gasteiger partial charge on any atom is 0.302 e. The summed E-state index contributed by atoms with van der Waals surface area (Å²) in [5.41, 5.74) is 6.42. The van der Waals surface area contributed by atoms with E-state index in [1.807, 2.05) is 12.1 Å². The van der Waals surface area contributed by atoms with Crippen molar-refractivity contribution < 1.29 is 23.7 Å². The van der Waals surface area contributed by atoms with E-state index in [0.29, 0.717) is 19.0 Å². The average Bonchev–Trinajstić information content (AvgIpc) is 3.18. The van der Waals surface area contributed by atoms with Crippen molar-refractivity contribution in [2.45, 2.75) is 6.92 Å². The molecule has 0 aromatic heterocycles. The van der Waals surface area contributed by atoms with Crippen LogP contribution in [0.15, 0.2) is 146 Å². The van der Waals surface area contributed by atoms with Crippen LogP contribution in [0.4, 0.5) is 0 Å². The molecule has 0 aliphatic carbocycles. The van der Waals surface area contributed by atoms with E-state index in [-0.39, 0.29) is 19.2 Å². The molecule has 8 rings (SSSR count). The molecule has 0 saturated carbocycles. The Morgan fingerprint density at radius 1 is 0.442 bits per heavy atom. The van der Waals surface area contributed by atoms with E-state index in [0.717, 1.165) is 60.7 Å². The number of ether oxygens (including phenoxy) is 4. The number of hydrogen-bond donors (Lipinski definition) is 0. The molecule has 0 atom stereocenters. The standard InChI is InChI=1S/C47H38O5/c1-31(48)50-25-26-52-45-22-18-41-30-39(37-14-12-33-8-4-6-10-35(33)28-37)16-20-43(41)47(45)46-42-19-15-38(29-40(42)17-21-44(46)51-24-23-49-2)36-13-11-32-7-3-5-9-34(32)27-36/h3-22,27-30H,23-26H2,1-2H3. The fourth-order valence-electron chi connectivity index (χ4n) is 7.04. The average molecular weight is 683 g/mol. The molecular weight excluding hydrogens is 645 g/mol. The largest absolute Gasteiger partial charge is 0.491 e. The van der Waals surface area contributed by atoms with Gasteiger partial charge in [-0.1, -0.05) is 109 Å². The molecule has 0 saturated heterocycles. The van der Waals surface area contributed by atoms with Gasteiger partial charge in [0.25, 0.3) is 0 Å². The van der Waals surface area contributed by atoms with Crippen LogP contribution < -0.4 is 9.47 Å². The van der Waals surface area contributed by atoms with Gasteiger partial charge in [-0.25, -0.2) is 0 Å². The second-order valence-corrected chi connectivity index (χ2v) is 12.9. The minimum atomic E-state index is -0.339. The third kappa shape index (κ3) is 6.67. The van der Waals surface area contributed by atoms with Crippen LogP contribution in [0.25, 0.3) is 76.5 Å². The van der Waals surface area contributed by atoms with E-state index in [4.69, 9.17) is 18.9 Å². The van der Waals surface area contributed by atoms with Crippen LogP contribution in [0, 0.1) is 0 Å². The molecule has 256 valence electrons. The minimum absolute atomic E-state index is 0.148. The van der Waals surface area contributed by atoms with Crippen LogP contribution in [0.1, 0.15) is 6.92 Å². The molecule has 0 aliphatic heterocycles. The number of hydrogen-bond acceptors (Lipinski definition) is 5. The van der Waals surface area contributed by atoms with Gasteiger partial charge in [-0.15, -0.1) is 0 Å². The van der Waals surface area contributed by atoms with Crippen molar-refractivity contribution in [3.63, 3.8) is 0 Å². The fourth-order valence-corrected chi connectivity index (χ4v) is 7.04. The van der Waals surface area contributed by atoms with Crippen LogP contribution in [0.3, 0.4) is 0 Å². The Hall–Kier alpha value is -6.17. The van der Waals surface area contributed by atoms with E-state index >= 15 is 0 Å². The second kappa shape index (κ2) is 14.6. The van der Waals surface area contributed by atoms with Gasteiger partial charge in [0.15, 0.2) is 0 Å². The number of benzene rings is 8. The molecular formula is C47H38O5. The molecule has 0 amide bonds. The molecule has 0 N–H and O–H groups in total. The zero-order valence-electron chi connectivity index (χ0n) is 29.2. The van der Waals surface area contributed by atoms with Crippen molar-refractivity contribution >= 4 is 49.1 Å². The van der Waals surface area contributed by atoms with Gasteiger partial charge in [0.05, 0.1) is 6.61 Å². The topological polar surface area (TPSA) is 54.0 Å². The van der Waals surface area contributed by atoms with Gasteiger partial charge in [0, 0.05) is 25.2 Å². The van der Waals surface area contributed by atoms with Crippen molar-refractivity contribution in [3.8, 4) is 44.9 Å². The van der Waals surface area contributed by atoms with Gasteiger partial charge in [-0.05, 0) is 102 Å². The Balaban J connectivity index is 1.30. The number of esters is 1. The quantitative estimate of drug-likeness (QED) is 0.100. The monoisotopic (exact) mass is 682 g/mol. The fraction of sp³-hybridized carbons (Fsp3) is 0.128. The molecule has 52 heavy (non-hydrogen) atoms. The molecule has 0 heterocycles. The number of methoxy groups -OCH3 is 1. The first-order valence-corrected chi connectivity index (χ1v) is 17.6. The van der Waals surface area contributed by atoms with E-state index in [2.05, 4.69) is 133 Å². The maximum absolute atomic E-state index is 11.5. The first-order chi connectivity index (χ1) is 25.6. The van der Waals surface area contributed by atoms with Crippen molar-refractivity contribution in [1.82, 2.24) is 0 Å². The summed E-state index contributed by atoms with van der Waals surface area (Å²) in [6.07, 6.45) is 0. The summed E-state index contributed by atoms with van der Waals surface area (Å²) in [7, 11) is 1.67. The summed E-state index contributed by atoms with van der Waals surface area (Å²) in [5.74, 6) is 1.08. The summed E-state index contributed by atoms with van der Waals surface area (Å²) in [6.45, 7) is 2.61. The normalized spacial score (nSPS) is 11.3. The highest BCUT2D eigenvalue weighted by atomic mass is 16.6. The highest BCUT2D eigenvalue weighted by Gasteiger charge is 2.20. The molecule has 0 radical (unpaired) electrons. The van der Waals surface area contributed by atoms with Crippen molar-refractivity contribution in [3.05, 3.63) is 146 Å². The lowest BCUT2D eigenvalue weighted by atomic mass is 9.89. The molecule has 8 aromatic rings. The Kier molecular flexibility index (Phi) is 9.26. The van der Waals surface area contributed by atoms with Gasteiger partial charge >= 0.3 is 5.97 Å². The van der Waals surface area contributed by atoms with Gasteiger partial charge < -0.3 is 18.9 Å². The molecule has 0 unspecified atom stereocenters. The Morgan fingerprint density at radius 2 is 0.846 bits per heavy atom. The third-order valence-corrected chi connectivity index (χ3v) is 9.57. The zero-order chi connectivity index (χ0) is 35.4.